The lowest BCUT2D eigenvalue weighted by Crippen LogP contribution is -2.40. The molecule has 1 nitrogen and oxygen atoms in total. The van der Waals surface area contributed by atoms with Crippen molar-refractivity contribution in [3.8, 4) is 22.9 Å². The number of Topliss-reactive ketones (excluding diaryl/α,β-unsaturated/α-hetero) is 1. The highest BCUT2D eigenvalue weighted by Gasteiger charge is 2.57. The van der Waals surface area contributed by atoms with Crippen molar-refractivity contribution >= 4 is 21.9 Å². The molecule has 0 spiro atoms. The molecule has 1 aliphatic carbocycles. The zero-order valence-electron chi connectivity index (χ0n) is 25.0. The Hall–Kier alpha value is -0.776. The number of rotatable bonds is 8. The number of carbonyl (C=O) groups excluding carboxylic acids is 1. The van der Waals surface area contributed by atoms with Crippen LogP contribution in [-0.4, -0.2) is 21.9 Å². The highest BCUT2D eigenvalue weighted by Crippen LogP contribution is 2.55. The van der Waals surface area contributed by atoms with Crippen molar-refractivity contribution in [3.63, 3.8) is 0 Å². The Morgan fingerprint density at radius 2 is 0.882 bits per heavy atom. The average molecular weight is 501 g/mol. The van der Waals surface area contributed by atoms with Crippen LogP contribution in [0.1, 0.15) is 109 Å². The molecule has 34 heavy (non-hydrogen) atoms. The van der Waals surface area contributed by atoms with Crippen molar-refractivity contribution in [2.75, 3.05) is 0 Å². The van der Waals surface area contributed by atoms with Gasteiger partial charge in [0.1, 0.15) is 16.1 Å². The van der Waals surface area contributed by atoms with E-state index in [0.717, 1.165) is 25.7 Å². The lowest BCUT2D eigenvalue weighted by molar-refractivity contribution is -0.131. The van der Waals surface area contributed by atoms with E-state index < -0.39 is 27.0 Å². The molecule has 0 amide bonds. The third-order valence-corrected chi connectivity index (χ3v) is 18.1. The van der Waals surface area contributed by atoms with Gasteiger partial charge < -0.3 is 0 Å². The molecule has 3 heteroatoms. The summed E-state index contributed by atoms with van der Waals surface area (Å²) in [4.78, 5) is 14.7. The van der Waals surface area contributed by atoms with E-state index >= 15 is 0 Å². The van der Waals surface area contributed by atoms with Gasteiger partial charge in [-0.1, -0.05) is 94.9 Å². The summed E-state index contributed by atoms with van der Waals surface area (Å²) in [6.45, 7) is 27.5. The van der Waals surface area contributed by atoms with Gasteiger partial charge in [0.2, 0.25) is 0 Å². The maximum absolute atomic E-state index is 14.7. The third kappa shape index (κ3) is 7.37. The summed E-state index contributed by atoms with van der Waals surface area (Å²) in [6.07, 6.45) is 3.45. The summed E-state index contributed by atoms with van der Waals surface area (Å²) in [5, 5.41) is 0. The molecular formula is C31H56OSi2. The zero-order chi connectivity index (χ0) is 26.5. The van der Waals surface area contributed by atoms with Crippen LogP contribution in [0.25, 0.3) is 0 Å². The minimum Gasteiger partial charge on any atom is -0.296 e. The van der Waals surface area contributed by atoms with Crippen molar-refractivity contribution in [1.82, 2.24) is 0 Å². The topological polar surface area (TPSA) is 17.1 Å². The first-order valence-corrected chi connectivity index (χ1v) is 19.4. The molecule has 0 aliphatic heterocycles. The van der Waals surface area contributed by atoms with Crippen LogP contribution < -0.4 is 0 Å². The fourth-order valence-electron chi connectivity index (χ4n) is 6.12. The van der Waals surface area contributed by atoms with Crippen LogP contribution in [0.2, 0.25) is 36.3 Å². The van der Waals surface area contributed by atoms with Gasteiger partial charge >= 0.3 is 0 Å². The monoisotopic (exact) mass is 500 g/mol. The molecule has 0 radical (unpaired) electrons. The van der Waals surface area contributed by atoms with Crippen molar-refractivity contribution < 1.29 is 4.79 Å². The molecule has 1 fully saturated rings. The van der Waals surface area contributed by atoms with E-state index in [0.29, 0.717) is 5.78 Å². The maximum atomic E-state index is 14.7. The molecule has 0 N–H and O–H groups in total. The van der Waals surface area contributed by atoms with E-state index in [4.69, 9.17) is 0 Å². The fraction of sp³-hybridized carbons (Fsp3) is 0.839. The molecule has 0 saturated heterocycles. The van der Waals surface area contributed by atoms with Crippen molar-refractivity contribution in [2.24, 2.45) is 21.7 Å². The predicted molar refractivity (Wildman–Crippen MR) is 157 cm³/mol. The lowest BCUT2D eigenvalue weighted by Gasteiger charge is -2.35. The van der Waals surface area contributed by atoms with Crippen LogP contribution in [0.4, 0.5) is 0 Å². The Kier molecular flexibility index (Phi) is 10.6. The summed E-state index contributed by atoms with van der Waals surface area (Å²) >= 11 is 0. The van der Waals surface area contributed by atoms with E-state index in [2.05, 4.69) is 106 Å². The Morgan fingerprint density at radius 1 is 0.618 bits per heavy atom. The van der Waals surface area contributed by atoms with Gasteiger partial charge in [0.05, 0.1) is 10.8 Å². The molecule has 2 atom stereocenters. The summed E-state index contributed by atoms with van der Waals surface area (Å²) in [6, 6.07) is 7.07. The Balaban J connectivity index is 3.77. The second-order valence-electron chi connectivity index (χ2n) is 13.7. The normalized spacial score (nSPS) is 23.8. The van der Waals surface area contributed by atoms with Crippen molar-refractivity contribution in [1.29, 1.82) is 0 Å². The van der Waals surface area contributed by atoms with Crippen LogP contribution in [0.3, 0.4) is 0 Å². The molecule has 0 bridgehead atoms. The third-order valence-electron chi connectivity index (χ3n) is 8.71. The van der Waals surface area contributed by atoms with Gasteiger partial charge in [-0.25, -0.2) is 0 Å². The number of hydrogen-bond donors (Lipinski definition) is 0. The summed E-state index contributed by atoms with van der Waals surface area (Å²) in [5.74, 6) is 7.92. The van der Waals surface area contributed by atoms with E-state index in [-0.39, 0.29) is 10.8 Å². The minimum atomic E-state index is -1.64. The van der Waals surface area contributed by atoms with Gasteiger partial charge in [0.25, 0.3) is 0 Å². The first-order chi connectivity index (χ1) is 15.6. The zero-order valence-corrected chi connectivity index (χ0v) is 27.0. The van der Waals surface area contributed by atoms with E-state index in [1.54, 1.807) is 0 Å². The Labute approximate surface area is 216 Å². The highest BCUT2D eigenvalue weighted by molar-refractivity contribution is 6.87. The fourth-order valence-corrected chi connectivity index (χ4v) is 11.2. The molecule has 1 rings (SSSR count). The first kappa shape index (κ1) is 31.3. The Bertz CT molecular complexity index is 727. The van der Waals surface area contributed by atoms with Gasteiger partial charge in [-0.2, -0.15) is 0 Å². The largest absolute Gasteiger partial charge is 0.296 e. The second kappa shape index (κ2) is 11.5. The van der Waals surface area contributed by atoms with E-state index in [1.807, 2.05) is 0 Å². The molecule has 0 heterocycles. The number of ketones is 1. The van der Waals surface area contributed by atoms with Gasteiger partial charge in [-0.15, -0.1) is 11.1 Å². The Morgan fingerprint density at radius 3 is 1.09 bits per heavy atom. The number of carbonyl (C=O) groups is 1. The molecule has 0 aromatic rings. The van der Waals surface area contributed by atoms with Gasteiger partial charge in [-0.05, 0) is 72.8 Å². The quantitative estimate of drug-likeness (QED) is 0.240. The van der Waals surface area contributed by atoms with Crippen LogP contribution in [-0.2, 0) is 4.79 Å². The van der Waals surface area contributed by atoms with Gasteiger partial charge in [-0.3, -0.25) is 4.79 Å². The molecule has 0 unspecified atom stereocenters. The molecule has 0 aromatic heterocycles. The van der Waals surface area contributed by atoms with Crippen molar-refractivity contribution in [3.05, 3.63) is 0 Å². The highest BCUT2D eigenvalue weighted by atomic mass is 28.3. The van der Waals surface area contributed by atoms with Crippen LogP contribution >= 0.6 is 0 Å². The van der Waals surface area contributed by atoms with Gasteiger partial charge in [0, 0.05) is 0 Å². The maximum Gasteiger partial charge on any atom is 0.168 e. The van der Waals surface area contributed by atoms with Crippen LogP contribution in [0.5, 0.6) is 0 Å². The lowest BCUT2D eigenvalue weighted by atomic mass is 9.67. The van der Waals surface area contributed by atoms with E-state index in [9.17, 15) is 4.79 Å². The van der Waals surface area contributed by atoms with E-state index in [1.165, 1.54) is 36.3 Å². The smallest absolute Gasteiger partial charge is 0.168 e. The molecule has 1 aliphatic rings. The van der Waals surface area contributed by atoms with Crippen LogP contribution in [0.15, 0.2) is 0 Å². The SMILES string of the molecule is CC[Si](C#C[C@@]1(CC(C)(C)C)CC[C@@](C#C[Si](CC)(CC)CC)(CC(C)(C)C)C1=O)(CC)CC. The predicted octanol–water partition coefficient (Wildman–Crippen LogP) is 9.30. The summed E-state index contributed by atoms with van der Waals surface area (Å²) in [5.41, 5.74) is 6.74. The molecule has 194 valence electrons. The van der Waals surface area contributed by atoms with Crippen molar-refractivity contribution in [2.45, 2.75) is 145 Å². The van der Waals surface area contributed by atoms with Crippen LogP contribution in [0, 0.1) is 44.6 Å². The summed E-state index contributed by atoms with van der Waals surface area (Å²) < 4.78 is 0. The molecule has 0 aromatic carbocycles. The molecular weight excluding hydrogens is 445 g/mol. The second-order valence-corrected chi connectivity index (χ2v) is 23.5. The van der Waals surface area contributed by atoms with Gasteiger partial charge in [0.15, 0.2) is 5.78 Å². The number of hydrogen-bond acceptors (Lipinski definition) is 1. The standard InChI is InChI=1S/C31H56OSi2/c1-13-33(14-2,15-3)23-21-30(25-28(7,8)9)19-20-31(27(30)32,26-29(10,11)12)22-24-34(16-4,17-5)18-6/h13-20,25-26H2,1-12H3/t30-,31-/m1/s1. The average Bonchev–Trinajstić information content (AvgIpc) is 3.01. The summed E-state index contributed by atoms with van der Waals surface area (Å²) in [7, 11) is -3.28. The molecule has 1 saturated carbocycles. The first-order valence-electron chi connectivity index (χ1n) is 14.2. The minimum absolute atomic E-state index is 0.0548.